The van der Waals surface area contributed by atoms with Crippen LogP contribution in [0.5, 0.6) is 0 Å². The fourth-order valence-electron chi connectivity index (χ4n) is 1.16. The number of carboxylic acid groups (broad SMARTS) is 1. The fourth-order valence-corrected chi connectivity index (χ4v) is 1.16. The molecule has 2 aromatic rings. The van der Waals surface area contributed by atoms with Crippen LogP contribution in [0.2, 0.25) is 0 Å². The van der Waals surface area contributed by atoms with Crippen LogP contribution in [0.1, 0.15) is 10.5 Å². The number of hydrogen-bond donors (Lipinski definition) is 3. The molecule has 0 aliphatic carbocycles. The third-order valence-corrected chi connectivity index (χ3v) is 1.76. The molecule has 0 fully saturated rings. The number of aromatic amines is 1. The van der Waals surface area contributed by atoms with E-state index in [0.717, 1.165) is 5.39 Å². The van der Waals surface area contributed by atoms with E-state index < -0.39 is 5.97 Å². The van der Waals surface area contributed by atoms with Crippen LogP contribution in [0.3, 0.4) is 0 Å². The van der Waals surface area contributed by atoms with Gasteiger partial charge in [-0.2, -0.15) is 0 Å². The van der Waals surface area contributed by atoms with Gasteiger partial charge in [0.15, 0.2) is 0 Å². The molecule has 13 heavy (non-hydrogen) atoms. The van der Waals surface area contributed by atoms with Gasteiger partial charge in [-0.25, -0.2) is 9.78 Å². The Labute approximate surface area is 73.2 Å². The van der Waals surface area contributed by atoms with Gasteiger partial charge in [-0.1, -0.05) is 0 Å². The van der Waals surface area contributed by atoms with Gasteiger partial charge in [-0.3, -0.25) is 0 Å². The first-order chi connectivity index (χ1) is 6.16. The number of pyridine rings is 1. The third kappa shape index (κ3) is 1.20. The van der Waals surface area contributed by atoms with Crippen molar-refractivity contribution in [2.24, 2.45) is 0 Å². The van der Waals surface area contributed by atoms with E-state index in [0.29, 0.717) is 11.3 Å². The Morgan fingerprint density at radius 2 is 2.31 bits per heavy atom. The minimum atomic E-state index is -0.991. The summed E-state index contributed by atoms with van der Waals surface area (Å²) < 4.78 is 0. The normalized spacial score (nSPS) is 10.5. The second-order valence-electron chi connectivity index (χ2n) is 2.68. The van der Waals surface area contributed by atoms with Gasteiger partial charge in [0.1, 0.15) is 11.5 Å². The van der Waals surface area contributed by atoms with Crippen molar-refractivity contribution in [1.82, 2.24) is 9.97 Å². The van der Waals surface area contributed by atoms with Crippen molar-refractivity contribution in [3.05, 3.63) is 24.0 Å². The number of anilines is 1. The highest BCUT2D eigenvalue weighted by Gasteiger charge is 2.06. The quantitative estimate of drug-likeness (QED) is 0.601. The van der Waals surface area contributed by atoms with Crippen LogP contribution in [0.15, 0.2) is 18.3 Å². The number of aromatic carboxylic acids is 1. The van der Waals surface area contributed by atoms with E-state index in [1.807, 2.05) is 0 Å². The molecular weight excluding hydrogens is 170 g/mol. The summed E-state index contributed by atoms with van der Waals surface area (Å²) in [5.74, 6) is -0.613. The number of nitrogens with one attached hydrogen (secondary N) is 1. The summed E-state index contributed by atoms with van der Waals surface area (Å²) in [6.07, 6.45) is 1.51. The van der Waals surface area contributed by atoms with Gasteiger partial charge in [0.25, 0.3) is 0 Å². The van der Waals surface area contributed by atoms with Crippen LogP contribution >= 0.6 is 0 Å². The van der Waals surface area contributed by atoms with Gasteiger partial charge < -0.3 is 15.8 Å². The van der Waals surface area contributed by atoms with E-state index in [1.165, 1.54) is 12.3 Å². The van der Waals surface area contributed by atoms with E-state index in [4.69, 9.17) is 10.8 Å². The predicted molar refractivity (Wildman–Crippen MR) is 47.5 cm³/mol. The Bertz CT molecular complexity index is 475. The molecule has 0 radical (unpaired) electrons. The van der Waals surface area contributed by atoms with Crippen molar-refractivity contribution in [3.63, 3.8) is 0 Å². The molecule has 2 heterocycles. The molecule has 0 amide bonds. The van der Waals surface area contributed by atoms with E-state index in [9.17, 15) is 4.79 Å². The summed E-state index contributed by atoms with van der Waals surface area (Å²) in [5, 5.41) is 9.43. The van der Waals surface area contributed by atoms with Crippen LogP contribution in [-0.2, 0) is 0 Å². The van der Waals surface area contributed by atoms with Crippen molar-refractivity contribution in [2.45, 2.75) is 0 Å². The van der Waals surface area contributed by atoms with Crippen molar-refractivity contribution in [1.29, 1.82) is 0 Å². The minimum absolute atomic E-state index is 0.141. The van der Waals surface area contributed by atoms with Gasteiger partial charge in [0.2, 0.25) is 0 Å². The molecule has 0 unspecified atom stereocenters. The van der Waals surface area contributed by atoms with Crippen LogP contribution in [0.4, 0.5) is 5.82 Å². The average molecular weight is 177 g/mol. The highest BCUT2D eigenvalue weighted by Crippen LogP contribution is 2.15. The van der Waals surface area contributed by atoms with Crippen molar-refractivity contribution >= 4 is 22.7 Å². The Balaban J connectivity index is 2.68. The van der Waals surface area contributed by atoms with Crippen LogP contribution in [0, 0.1) is 0 Å². The second-order valence-corrected chi connectivity index (χ2v) is 2.68. The first kappa shape index (κ1) is 7.60. The topological polar surface area (TPSA) is 92.0 Å². The number of nitrogens with two attached hydrogens (primary N) is 1. The van der Waals surface area contributed by atoms with Gasteiger partial charge in [0, 0.05) is 5.39 Å². The Hall–Kier alpha value is -2.04. The average Bonchev–Trinajstić information content (AvgIpc) is 2.46. The molecular formula is C8H7N3O2. The Morgan fingerprint density at radius 1 is 1.54 bits per heavy atom. The maximum Gasteiger partial charge on any atom is 0.352 e. The fraction of sp³-hybridized carbons (Fsp3) is 0. The summed E-state index contributed by atoms with van der Waals surface area (Å²) in [6.45, 7) is 0. The number of aromatic nitrogens is 2. The number of carbonyl (C=O) groups is 1. The Morgan fingerprint density at radius 3 is 3.00 bits per heavy atom. The van der Waals surface area contributed by atoms with Gasteiger partial charge in [-0.15, -0.1) is 0 Å². The zero-order chi connectivity index (χ0) is 9.42. The van der Waals surface area contributed by atoms with Crippen molar-refractivity contribution < 1.29 is 9.90 Å². The van der Waals surface area contributed by atoms with Crippen LogP contribution < -0.4 is 5.73 Å². The number of carboxylic acids is 1. The van der Waals surface area contributed by atoms with E-state index in [2.05, 4.69) is 9.97 Å². The molecule has 0 spiro atoms. The smallest absolute Gasteiger partial charge is 0.352 e. The number of H-pyrrole nitrogens is 1. The molecule has 0 aliphatic rings. The van der Waals surface area contributed by atoms with Gasteiger partial charge in [-0.05, 0) is 12.1 Å². The van der Waals surface area contributed by atoms with E-state index >= 15 is 0 Å². The molecule has 2 rings (SSSR count). The van der Waals surface area contributed by atoms with E-state index in [1.54, 1.807) is 6.07 Å². The van der Waals surface area contributed by atoms with Crippen molar-refractivity contribution in [2.75, 3.05) is 5.73 Å². The first-order valence-corrected chi connectivity index (χ1v) is 3.64. The van der Waals surface area contributed by atoms with Crippen LogP contribution in [0.25, 0.3) is 10.9 Å². The Kier molecular flexibility index (Phi) is 1.45. The lowest BCUT2D eigenvalue weighted by Gasteiger charge is -1.89. The molecule has 0 aromatic carbocycles. The maximum atomic E-state index is 10.6. The number of nitrogens with zero attached hydrogens (tertiary/aromatic N) is 1. The lowest BCUT2D eigenvalue weighted by Crippen LogP contribution is -1.94. The molecule has 0 bridgehead atoms. The molecule has 0 saturated carbocycles. The largest absolute Gasteiger partial charge is 0.477 e. The highest BCUT2D eigenvalue weighted by atomic mass is 16.4. The number of hydrogen-bond acceptors (Lipinski definition) is 3. The zero-order valence-corrected chi connectivity index (χ0v) is 6.61. The number of rotatable bonds is 1. The molecule has 2 aromatic heterocycles. The molecule has 0 saturated heterocycles. The van der Waals surface area contributed by atoms with E-state index in [-0.39, 0.29) is 5.69 Å². The zero-order valence-electron chi connectivity index (χ0n) is 6.61. The predicted octanol–water partition coefficient (Wildman–Crippen LogP) is 0.843. The van der Waals surface area contributed by atoms with Crippen molar-refractivity contribution in [3.8, 4) is 0 Å². The second kappa shape index (κ2) is 2.48. The molecule has 66 valence electrons. The lowest BCUT2D eigenvalue weighted by molar-refractivity contribution is 0.0691. The summed E-state index contributed by atoms with van der Waals surface area (Å²) >= 11 is 0. The molecule has 5 heteroatoms. The molecule has 4 N–H and O–H groups in total. The standard InChI is InChI=1S/C8H7N3O2/c9-7-2-4-1-5(8(12)13)11-6(4)3-10-7/h1-3,11H,(H2,9,10)(H,12,13). The highest BCUT2D eigenvalue weighted by molar-refractivity contribution is 5.93. The number of fused-ring (bicyclic) bond motifs is 1. The maximum absolute atomic E-state index is 10.6. The van der Waals surface area contributed by atoms with Gasteiger partial charge in [0.05, 0.1) is 11.7 Å². The van der Waals surface area contributed by atoms with Gasteiger partial charge >= 0.3 is 5.97 Å². The monoisotopic (exact) mass is 177 g/mol. The molecule has 5 nitrogen and oxygen atoms in total. The molecule has 0 atom stereocenters. The summed E-state index contributed by atoms with van der Waals surface area (Å²) in [6, 6.07) is 3.15. The van der Waals surface area contributed by atoms with Crippen LogP contribution in [-0.4, -0.2) is 21.0 Å². The lowest BCUT2D eigenvalue weighted by atomic mass is 10.3. The summed E-state index contributed by atoms with van der Waals surface area (Å²) in [5.41, 5.74) is 6.25. The number of nitrogen functional groups attached to an aromatic ring is 1. The minimum Gasteiger partial charge on any atom is -0.477 e. The summed E-state index contributed by atoms with van der Waals surface area (Å²) in [4.78, 5) is 17.1. The first-order valence-electron chi connectivity index (χ1n) is 3.64. The third-order valence-electron chi connectivity index (χ3n) is 1.76. The molecule has 0 aliphatic heterocycles. The summed E-state index contributed by atoms with van der Waals surface area (Å²) in [7, 11) is 0. The SMILES string of the molecule is Nc1cc2cc(C(=O)O)[nH]c2cn1.